The van der Waals surface area contributed by atoms with Crippen LogP contribution in [0.4, 0.5) is 5.69 Å². The zero-order valence-corrected chi connectivity index (χ0v) is 17.1. The molecule has 146 valence electrons. The zero-order valence-electron chi connectivity index (χ0n) is 15.5. The lowest BCUT2D eigenvalue weighted by Crippen LogP contribution is -2.37. The maximum atomic E-state index is 12.6. The van der Waals surface area contributed by atoms with Crippen LogP contribution in [0.15, 0.2) is 48.5 Å². The number of likely N-dealkylation sites (N-methyl/N-ethyl adjacent to an activating group) is 1. The highest BCUT2D eigenvalue weighted by molar-refractivity contribution is 7.80. The normalized spacial score (nSPS) is 16.5. The number of anilines is 1. The second kappa shape index (κ2) is 8.58. The lowest BCUT2D eigenvalue weighted by atomic mass is 10.1. The smallest absolute Gasteiger partial charge is 0.251 e. The lowest BCUT2D eigenvalue weighted by molar-refractivity contribution is -0.130. The van der Waals surface area contributed by atoms with Crippen LogP contribution in [-0.4, -0.2) is 46.9 Å². The molecule has 1 aliphatic rings. The van der Waals surface area contributed by atoms with Crippen LogP contribution in [0.3, 0.4) is 0 Å². The standard InChI is InChI=1S/C20H20ClN3O3S/c1-23-19(26)17(11-18(25)22-15-7-5-14(21)6-8-15)24(20(23)28)12-13-3-9-16(27-2)10-4-13/h3-10,17H,11-12H2,1-2H3,(H,22,25)/t17-/m0/s1. The maximum absolute atomic E-state index is 12.6. The summed E-state index contributed by atoms with van der Waals surface area (Å²) < 4.78 is 5.17. The molecule has 1 heterocycles. The van der Waals surface area contributed by atoms with E-state index in [0.717, 1.165) is 11.3 Å². The molecule has 0 aliphatic carbocycles. The molecular formula is C20H20ClN3O3S. The fourth-order valence-electron chi connectivity index (χ4n) is 3.00. The highest BCUT2D eigenvalue weighted by atomic mass is 35.5. The number of amides is 2. The van der Waals surface area contributed by atoms with Crippen LogP contribution >= 0.6 is 23.8 Å². The quantitative estimate of drug-likeness (QED) is 0.730. The van der Waals surface area contributed by atoms with Gasteiger partial charge in [-0.3, -0.25) is 14.5 Å². The summed E-state index contributed by atoms with van der Waals surface area (Å²) >= 11 is 11.3. The van der Waals surface area contributed by atoms with Crippen molar-refractivity contribution in [2.45, 2.75) is 19.0 Å². The monoisotopic (exact) mass is 417 g/mol. The third kappa shape index (κ3) is 4.43. The number of carbonyl (C=O) groups excluding carboxylic acids is 2. The number of ether oxygens (including phenoxy) is 1. The fraction of sp³-hybridized carbons (Fsp3) is 0.250. The van der Waals surface area contributed by atoms with Gasteiger partial charge in [0.05, 0.1) is 13.5 Å². The summed E-state index contributed by atoms with van der Waals surface area (Å²) in [6.07, 6.45) is 0.00208. The molecule has 0 radical (unpaired) electrons. The summed E-state index contributed by atoms with van der Waals surface area (Å²) in [7, 11) is 3.23. The molecule has 1 atom stereocenters. The maximum Gasteiger partial charge on any atom is 0.251 e. The van der Waals surface area contributed by atoms with E-state index < -0.39 is 6.04 Å². The van der Waals surface area contributed by atoms with Crippen molar-refractivity contribution in [3.05, 3.63) is 59.1 Å². The Bertz CT molecular complexity index is 887. The molecular weight excluding hydrogens is 398 g/mol. The molecule has 0 saturated carbocycles. The van der Waals surface area contributed by atoms with Crippen LogP contribution < -0.4 is 10.1 Å². The second-order valence-corrected chi connectivity index (χ2v) is 7.23. The summed E-state index contributed by atoms with van der Waals surface area (Å²) in [5.41, 5.74) is 1.59. The van der Waals surface area contributed by atoms with Gasteiger partial charge in [0.15, 0.2) is 5.11 Å². The van der Waals surface area contributed by atoms with Crippen molar-refractivity contribution in [2.75, 3.05) is 19.5 Å². The third-order valence-electron chi connectivity index (χ3n) is 4.54. The summed E-state index contributed by atoms with van der Waals surface area (Å²) in [6.45, 7) is 0.428. The van der Waals surface area contributed by atoms with Crippen molar-refractivity contribution < 1.29 is 14.3 Å². The van der Waals surface area contributed by atoms with E-state index in [-0.39, 0.29) is 18.2 Å². The van der Waals surface area contributed by atoms with Crippen LogP contribution in [0.2, 0.25) is 5.02 Å². The molecule has 6 nitrogen and oxygen atoms in total. The predicted octanol–water partition coefficient (Wildman–Crippen LogP) is 3.30. The number of benzene rings is 2. The molecule has 1 saturated heterocycles. The Hall–Kier alpha value is -2.64. The van der Waals surface area contributed by atoms with E-state index >= 15 is 0 Å². The molecule has 1 aliphatic heterocycles. The Morgan fingerprint density at radius 3 is 2.43 bits per heavy atom. The molecule has 0 aromatic heterocycles. The third-order valence-corrected chi connectivity index (χ3v) is 5.30. The van der Waals surface area contributed by atoms with Crippen LogP contribution in [0.5, 0.6) is 5.75 Å². The summed E-state index contributed by atoms with van der Waals surface area (Å²) in [5.74, 6) is 0.295. The van der Waals surface area contributed by atoms with Crippen molar-refractivity contribution in [3.63, 3.8) is 0 Å². The van der Waals surface area contributed by atoms with Crippen LogP contribution in [-0.2, 0) is 16.1 Å². The Kier molecular flexibility index (Phi) is 6.16. The molecule has 1 fully saturated rings. The average molecular weight is 418 g/mol. The van der Waals surface area contributed by atoms with Crippen molar-refractivity contribution >= 4 is 46.4 Å². The first-order valence-corrected chi connectivity index (χ1v) is 9.44. The van der Waals surface area contributed by atoms with Gasteiger partial charge in [-0.1, -0.05) is 23.7 Å². The molecule has 8 heteroatoms. The first kappa shape index (κ1) is 20.1. The van der Waals surface area contributed by atoms with Gasteiger partial charge in [-0.05, 0) is 54.2 Å². The summed E-state index contributed by atoms with van der Waals surface area (Å²) in [6, 6.07) is 13.7. The van der Waals surface area contributed by atoms with E-state index in [4.69, 9.17) is 28.6 Å². The number of rotatable bonds is 6. The Labute approximate surface area is 174 Å². The van der Waals surface area contributed by atoms with E-state index in [0.29, 0.717) is 22.4 Å². The SMILES string of the molecule is COc1ccc(CN2C(=S)N(C)C(=O)[C@@H]2CC(=O)Nc2ccc(Cl)cc2)cc1. The first-order chi connectivity index (χ1) is 13.4. The van der Waals surface area contributed by atoms with Gasteiger partial charge in [0.1, 0.15) is 11.8 Å². The van der Waals surface area contributed by atoms with E-state index in [2.05, 4.69) is 5.32 Å². The predicted molar refractivity (Wildman–Crippen MR) is 112 cm³/mol. The van der Waals surface area contributed by atoms with Gasteiger partial charge in [0.2, 0.25) is 5.91 Å². The molecule has 0 unspecified atom stereocenters. The van der Waals surface area contributed by atoms with E-state index in [1.54, 1.807) is 43.3 Å². The number of thiocarbonyl (C=S) groups is 1. The Morgan fingerprint density at radius 1 is 1.18 bits per heavy atom. The van der Waals surface area contributed by atoms with Gasteiger partial charge in [0.25, 0.3) is 5.91 Å². The van der Waals surface area contributed by atoms with Gasteiger partial charge in [-0.2, -0.15) is 0 Å². The highest BCUT2D eigenvalue weighted by Gasteiger charge is 2.41. The largest absolute Gasteiger partial charge is 0.497 e. The van der Waals surface area contributed by atoms with Crippen molar-refractivity contribution in [1.82, 2.24) is 9.80 Å². The van der Waals surface area contributed by atoms with Gasteiger partial charge in [-0.15, -0.1) is 0 Å². The summed E-state index contributed by atoms with van der Waals surface area (Å²) in [4.78, 5) is 28.3. The molecule has 2 aromatic carbocycles. The van der Waals surface area contributed by atoms with E-state index in [1.807, 2.05) is 24.3 Å². The number of carbonyl (C=O) groups is 2. The van der Waals surface area contributed by atoms with Crippen LogP contribution in [0, 0.1) is 0 Å². The topological polar surface area (TPSA) is 61.9 Å². The molecule has 0 spiro atoms. The molecule has 2 aromatic rings. The van der Waals surface area contributed by atoms with Crippen LogP contribution in [0.1, 0.15) is 12.0 Å². The number of nitrogens with one attached hydrogen (secondary N) is 1. The molecule has 1 N–H and O–H groups in total. The average Bonchev–Trinajstić information content (AvgIpc) is 2.88. The second-order valence-electron chi connectivity index (χ2n) is 6.43. The number of hydrogen-bond donors (Lipinski definition) is 1. The molecule has 0 bridgehead atoms. The fourth-order valence-corrected chi connectivity index (χ4v) is 3.41. The first-order valence-electron chi connectivity index (χ1n) is 8.65. The number of methoxy groups -OCH3 is 1. The van der Waals surface area contributed by atoms with Crippen molar-refractivity contribution in [1.29, 1.82) is 0 Å². The Balaban J connectivity index is 1.72. The number of hydrogen-bond acceptors (Lipinski definition) is 4. The van der Waals surface area contributed by atoms with Crippen molar-refractivity contribution in [2.24, 2.45) is 0 Å². The lowest BCUT2D eigenvalue weighted by Gasteiger charge is -2.23. The highest BCUT2D eigenvalue weighted by Crippen LogP contribution is 2.24. The molecule has 28 heavy (non-hydrogen) atoms. The Morgan fingerprint density at radius 2 is 1.82 bits per heavy atom. The van der Waals surface area contributed by atoms with Gasteiger partial charge in [0, 0.05) is 24.3 Å². The molecule has 2 amide bonds. The minimum atomic E-state index is -0.646. The zero-order chi connectivity index (χ0) is 20.3. The van der Waals surface area contributed by atoms with E-state index in [1.165, 1.54) is 4.90 Å². The molecule has 3 rings (SSSR count). The van der Waals surface area contributed by atoms with E-state index in [9.17, 15) is 9.59 Å². The summed E-state index contributed by atoms with van der Waals surface area (Å²) in [5, 5.41) is 3.78. The van der Waals surface area contributed by atoms with Gasteiger partial charge in [-0.25, -0.2) is 0 Å². The minimum absolute atomic E-state index is 0.00208. The van der Waals surface area contributed by atoms with Crippen molar-refractivity contribution in [3.8, 4) is 5.75 Å². The number of nitrogens with zero attached hydrogens (tertiary/aromatic N) is 2. The number of halogens is 1. The van der Waals surface area contributed by atoms with Gasteiger partial charge >= 0.3 is 0 Å². The van der Waals surface area contributed by atoms with Gasteiger partial charge < -0.3 is 15.0 Å². The minimum Gasteiger partial charge on any atom is -0.497 e. The van der Waals surface area contributed by atoms with Crippen LogP contribution in [0.25, 0.3) is 0 Å².